The Morgan fingerprint density at radius 2 is 2.12 bits per heavy atom. The Hall–Kier alpha value is -0.870. The van der Waals surface area contributed by atoms with Gasteiger partial charge in [-0.05, 0) is 26.8 Å². The SMILES string of the molecule is CCn1ncc(CN(C)C[C@@H](N)C(C)C)c1C. The molecule has 1 aromatic heterocycles. The fourth-order valence-electron chi connectivity index (χ4n) is 1.89. The Bertz CT molecular complexity index is 343. The minimum absolute atomic E-state index is 0.238. The van der Waals surface area contributed by atoms with Gasteiger partial charge in [-0.15, -0.1) is 0 Å². The van der Waals surface area contributed by atoms with Crippen molar-refractivity contribution in [3.05, 3.63) is 17.5 Å². The molecule has 0 saturated carbocycles. The molecule has 4 heteroatoms. The van der Waals surface area contributed by atoms with E-state index in [9.17, 15) is 0 Å². The molecule has 98 valence electrons. The quantitative estimate of drug-likeness (QED) is 0.819. The van der Waals surface area contributed by atoms with Crippen molar-refractivity contribution in [1.82, 2.24) is 14.7 Å². The Balaban J connectivity index is 2.56. The molecule has 0 fully saturated rings. The Morgan fingerprint density at radius 3 is 2.59 bits per heavy atom. The predicted molar refractivity (Wildman–Crippen MR) is 71.8 cm³/mol. The first kappa shape index (κ1) is 14.2. The highest BCUT2D eigenvalue weighted by Crippen LogP contribution is 2.10. The molecule has 0 amide bonds. The minimum Gasteiger partial charge on any atom is -0.326 e. The zero-order chi connectivity index (χ0) is 13.0. The summed E-state index contributed by atoms with van der Waals surface area (Å²) < 4.78 is 2.03. The predicted octanol–water partition coefficient (Wildman–Crippen LogP) is 1.63. The molecule has 1 atom stereocenters. The Morgan fingerprint density at radius 1 is 1.47 bits per heavy atom. The Kier molecular flexibility index (Phi) is 5.15. The highest BCUT2D eigenvalue weighted by molar-refractivity contribution is 5.15. The van der Waals surface area contributed by atoms with Gasteiger partial charge in [0.05, 0.1) is 6.20 Å². The van der Waals surface area contributed by atoms with Crippen molar-refractivity contribution in [3.8, 4) is 0 Å². The van der Waals surface area contributed by atoms with Crippen LogP contribution in [-0.4, -0.2) is 34.3 Å². The highest BCUT2D eigenvalue weighted by atomic mass is 15.3. The maximum Gasteiger partial charge on any atom is 0.0537 e. The first-order chi connectivity index (χ1) is 7.95. The topological polar surface area (TPSA) is 47.1 Å². The normalized spacial score (nSPS) is 13.6. The number of nitrogens with zero attached hydrogens (tertiary/aromatic N) is 3. The van der Waals surface area contributed by atoms with E-state index in [1.807, 2.05) is 10.9 Å². The molecule has 0 bridgehead atoms. The lowest BCUT2D eigenvalue weighted by Gasteiger charge is -2.23. The van der Waals surface area contributed by atoms with Crippen LogP contribution in [0.25, 0.3) is 0 Å². The number of hydrogen-bond donors (Lipinski definition) is 1. The molecule has 1 heterocycles. The molecule has 1 aromatic rings. The maximum atomic E-state index is 6.08. The van der Waals surface area contributed by atoms with Crippen LogP contribution in [-0.2, 0) is 13.1 Å². The first-order valence-electron chi connectivity index (χ1n) is 6.41. The monoisotopic (exact) mass is 238 g/mol. The van der Waals surface area contributed by atoms with E-state index in [4.69, 9.17) is 5.73 Å². The van der Waals surface area contributed by atoms with Gasteiger partial charge < -0.3 is 10.6 Å². The lowest BCUT2D eigenvalue weighted by atomic mass is 10.1. The molecule has 1 rings (SSSR count). The van der Waals surface area contributed by atoms with Gasteiger partial charge >= 0.3 is 0 Å². The zero-order valence-corrected chi connectivity index (χ0v) is 11.8. The molecule has 0 aromatic carbocycles. The van der Waals surface area contributed by atoms with E-state index in [0.717, 1.165) is 19.6 Å². The largest absolute Gasteiger partial charge is 0.326 e. The number of hydrogen-bond acceptors (Lipinski definition) is 3. The summed E-state index contributed by atoms with van der Waals surface area (Å²) in [5.41, 5.74) is 8.64. The molecule has 0 aliphatic heterocycles. The van der Waals surface area contributed by atoms with Crippen molar-refractivity contribution in [3.63, 3.8) is 0 Å². The molecule has 0 unspecified atom stereocenters. The lowest BCUT2D eigenvalue weighted by Crippen LogP contribution is -2.38. The summed E-state index contributed by atoms with van der Waals surface area (Å²) >= 11 is 0. The van der Waals surface area contributed by atoms with Gasteiger partial charge in [-0.3, -0.25) is 4.68 Å². The van der Waals surface area contributed by atoms with Gasteiger partial charge in [-0.25, -0.2) is 0 Å². The second kappa shape index (κ2) is 6.17. The standard InChI is InChI=1S/C13H26N4/c1-6-17-11(4)12(7-15-17)8-16(5)9-13(14)10(2)3/h7,10,13H,6,8-9,14H2,1-5H3/t13-/m1/s1. The average molecular weight is 238 g/mol. The number of nitrogens with two attached hydrogens (primary N) is 1. The maximum absolute atomic E-state index is 6.08. The van der Waals surface area contributed by atoms with E-state index in [2.05, 4.69) is 44.7 Å². The smallest absolute Gasteiger partial charge is 0.0537 e. The van der Waals surface area contributed by atoms with Crippen molar-refractivity contribution in [2.24, 2.45) is 11.7 Å². The molecule has 0 aliphatic rings. The fourth-order valence-corrected chi connectivity index (χ4v) is 1.89. The third kappa shape index (κ3) is 3.82. The van der Waals surface area contributed by atoms with Crippen LogP contribution < -0.4 is 5.73 Å². The molecule has 0 radical (unpaired) electrons. The third-order valence-corrected chi connectivity index (χ3v) is 3.32. The molecule has 2 N–H and O–H groups in total. The third-order valence-electron chi connectivity index (χ3n) is 3.32. The van der Waals surface area contributed by atoms with Crippen LogP contribution in [0.4, 0.5) is 0 Å². The number of aromatic nitrogens is 2. The van der Waals surface area contributed by atoms with Gasteiger partial charge in [-0.2, -0.15) is 5.10 Å². The van der Waals surface area contributed by atoms with Crippen LogP contribution in [0.3, 0.4) is 0 Å². The van der Waals surface area contributed by atoms with Crippen LogP contribution in [0.15, 0.2) is 6.20 Å². The van der Waals surface area contributed by atoms with Crippen LogP contribution >= 0.6 is 0 Å². The van der Waals surface area contributed by atoms with Gasteiger partial charge in [0, 0.05) is 36.9 Å². The molecular formula is C13H26N4. The van der Waals surface area contributed by atoms with Gasteiger partial charge in [0.25, 0.3) is 0 Å². The summed E-state index contributed by atoms with van der Waals surface area (Å²) in [7, 11) is 2.12. The van der Waals surface area contributed by atoms with Crippen molar-refractivity contribution in [1.29, 1.82) is 0 Å². The van der Waals surface area contributed by atoms with Crippen molar-refractivity contribution >= 4 is 0 Å². The second-order valence-electron chi connectivity index (χ2n) is 5.18. The highest BCUT2D eigenvalue weighted by Gasteiger charge is 2.13. The van der Waals surface area contributed by atoms with Crippen LogP contribution in [0, 0.1) is 12.8 Å². The van der Waals surface area contributed by atoms with Crippen LogP contribution in [0.2, 0.25) is 0 Å². The average Bonchev–Trinajstić information content (AvgIpc) is 2.59. The summed E-state index contributed by atoms with van der Waals surface area (Å²) in [6.45, 7) is 11.4. The van der Waals surface area contributed by atoms with Gasteiger partial charge in [0.15, 0.2) is 0 Å². The summed E-state index contributed by atoms with van der Waals surface area (Å²) in [4.78, 5) is 2.27. The summed E-state index contributed by atoms with van der Waals surface area (Å²) in [5.74, 6) is 0.525. The molecule has 4 nitrogen and oxygen atoms in total. The second-order valence-corrected chi connectivity index (χ2v) is 5.18. The lowest BCUT2D eigenvalue weighted by molar-refractivity contribution is 0.276. The van der Waals surface area contributed by atoms with Gasteiger partial charge in [-0.1, -0.05) is 13.8 Å². The van der Waals surface area contributed by atoms with Crippen LogP contribution in [0.5, 0.6) is 0 Å². The van der Waals surface area contributed by atoms with Gasteiger partial charge in [0.2, 0.25) is 0 Å². The van der Waals surface area contributed by atoms with E-state index < -0.39 is 0 Å². The number of aryl methyl sites for hydroxylation is 1. The van der Waals surface area contributed by atoms with E-state index in [-0.39, 0.29) is 6.04 Å². The molecule has 0 aliphatic carbocycles. The van der Waals surface area contributed by atoms with Crippen molar-refractivity contribution < 1.29 is 0 Å². The fraction of sp³-hybridized carbons (Fsp3) is 0.769. The minimum atomic E-state index is 0.238. The molecule has 0 spiro atoms. The molecular weight excluding hydrogens is 212 g/mol. The van der Waals surface area contributed by atoms with Crippen molar-refractivity contribution in [2.45, 2.75) is 46.8 Å². The first-order valence-corrected chi connectivity index (χ1v) is 6.41. The van der Waals surface area contributed by atoms with E-state index in [1.54, 1.807) is 0 Å². The summed E-state index contributed by atoms with van der Waals surface area (Å²) in [5, 5.41) is 4.36. The van der Waals surface area contributed by atoms with Gasteiger partial charge in [0.1, 0.15) is 0 Å². The van der Waals surface area contributed by atoms with Crippen molar-refractivity contribution in [2.75, 3.05) is 13.6 Å². The zero-order valence-electron chi connectivity index (χ0n) is 11.8. The van der Waals surface area contributed by atoms with Crippen LogP contribution in [0.1, 0.15) is 32.0 Å². The van der Waals surface area contributed by atoms with E-state index in [0.29, 0.717) is 5.92 Å². The number of rotatable bonds is 6. The summed E-state index contributed by atoms with van der Waals surface area (Å²) in [6, 6.07) is 0.238. The molecule has 0 saturated heterocycles. The molecule has 17 heavy (non-hydrogen) atoms. The Labute approximate surface area is 105 Å². The van der Waals surface area contributed by atoms with E-state index >= 15 is 0 Å². The van der Waals surface area contributed by atoms with E-state index in [1.165, 1.54) is 11.3 Å². The summed E-state index contributed by atoms with van der Waals surface area (Å²) in [6.07, 6.45) is 1.97. The number of likely N-dealkylation sites (N-methyl/N-ethyl adjacent to an activating group) is 1.